The summed E-state index contributed by atoms with van der Waals surface area (Å²) in [5.41, 5.74) is 0. The predicted octanol–water partition coefficient (Wildman–Crippen LogP) is 16.5. The molecule has 2 unspecified atom stereocenters. The summed E-state index contributed by atoms with van der Waals surface area (Å²) >= 11 is 0. The molecule has 400 valence electrons. The predicted molar refractivity (Wildman–Crippen MR) is 290 cm³/mol. The number of aliphatic carboxylic acids is 1. The summed E-state index contributed by atoms with van der Waals surface area (Å²) in [6.45, 7) is 4.84. The molecule has 0 fully saturated rings. The number of carbonyl (C=O) groups is 3. The number of allylic oxidation sites excluding steroid dienone is 10. The second kappa shape index (κ2) is 51.3. The van der Waals surface area contributed by atoms with Crippen LogP contribution in [0, 0.1) is 0 Å². The molecule has 9 heteroatoms. The first-order chi connectivity index (χ1) is 33.6. The Bertz CT molecular complexity index is 1310. The van der Waals surface area contributed by atoms with E-state index in [1.54, 1.807) is 0 Å². The van der Waals surface area contributed by atoms with Gasteiger partial charge in [0.1, 0.15) is 13.2 Å². The van der Waals surface area contributed by atoms with Crippen LogP contribution in [0.1, 0.15) is 245 Å². The van der Waals surface area contributed by atoms with Crippen LogP contribution in [0.3, 0.4) is 0 Å². The molecule has 0 aliphatic heterocycles. The maximum atomic E-state index is 12.8. The van der Waals surface area contributed by atoms with Gasteiger partial charge in [0.15, 0.2) is 6.10 Å². The van der Waals surface area contributed by atoms with Gasteiger partial charge in [-0.05, 0) is 83.5 Å². The van der Waals surface area contributed by atoms with Gasteiger partial charge in [-0.2, -0.15) is 0 Å². The summed E-state index contributed by atoms with van der Waals surface area (Å²) in [4.78, 5) is 37.4. The number of carbonyl (C=O) groups excluding carboxylic acids is 2. The monoisotopic (exact) mass is 971 g/mol. The summed E-state index contributed by atoms with van der Waals surface area (Å²) < 4.78 is 22.9. The Hall–Kier alpha value is -3.01. The van der Waals surface area contributed by atoms with E-state index in [9.17, 15) is 19.5 Å². The zero-order chi connectivity index (χ0) is 50.6. The summed E-state index contributed by atoms with van der Waals surface area (Å²) in [7, 11) is 5.96. The van der Waals surface area contributed by atoms with Crippen LogP contribution in [-0.4, -0.2) is 87.4 Å². The first kappa shape index (κ1) is 66.0. The molecule has 0 rings (SSSR count). The Morgan fingerprint density at radius 1 is 0.435 bits per heavy atom. The van der Waals surface area contributed by atoms with Crippen molar-refractivity contribution >= 4 is 17.9 Å². The highest BCUT2D eigenvalue weighted by Gasteiger charge is 2.25. The van der Waals surface area contributed by atoms with Crippen molar-refractivity contribution in [3.8, 4) is 0 Å². The number of nitrogens with zero attached hydrogens (tertiary/aromatic N) is 1. The molecular formula is C60H108NO8+. The molecule has 69 heavy (non-hydrogen) atoms. The number of rotatable bonds is 52. The van der Waals surface area contributed by atoms with Crippen molar-refractivity contribution in [1.29, 1.82) is 0 Å². The minimum atomic E-state index is -1.52. The number of unbranched alkanes of at least 4 members (excludes halogenated alkanes) is 27. The number of esters is 2. The summed E-state index contributed by atoms with van der Waals surface area (Å²) in [5, 5.41) is 9.69. The van der Waals surface area contributed by atoms with Crippen molar-refractivity contribution in [3.63, 3.8) is 0 Å². The molecule has 0 bridgehead atoms. The first-order valence-electron chi connectivity index (χ1n) is 28.5. The Kier molecular flexibility index (Phi) is 49.1. The quantitative estimate of drug-likeness (QED) is 0.0211. The van der Waals surface area contributed by atoms with Gasteiger partial charge in [-0.1, -0.05) is 209 Å². The van der Waals surface area contributed by atoms with E-state index in [4.69, 9.17) is 18.9 Å². The summed E-state index contributed by atoms with van der Waals surface area (Å²) in [5.74, 6) is -2.02. The Morgan fingerprint density at radius 3 is 1.19 bits per heavy atom. The third kappa shape index (κ3) is 52.6. The van der Waals surface area contributed by atoms with Crippen molar-refractivity contribution < 1.29 is 42.9 Å². The fraction of sp³-hybridized carbons (Fsp3) is 0.783. The largest absolute Gasteiger partial charge is 0.477 e. The Morgan fingerprint density at radius 2 is 0.783 bits per heavy atom. The number of quaternary nitrogens is 1. The number of carboxylic acid groups (broad SMARTS) is 1. The van der Waals surface area contributed by atoms with Crippen LogP contribution >= 0.6 is 0 Å². The molecular weight excluding hydrogens is 863 g/mol. The van der Waals surface area contributed by atoms with Crippen LogP contribution in [0.25, 0.3) is 0 Å². The van der Waals surface area contributed by atoms with E-state index in [-0.39, 0.29) is 32.2 Å². The summed E-state index contributed by atoms with van der Waals surface area (Å²) in [6, 6.07) is 0. The second-order valence-electron chi connectivity index (χ2n) is 20.2. The first-order valence-corrected chi connectivity index (χ1v) is 28.5. The molecule has 0 aromatic heterocycles. The van der Waals surface area contributed by atoms with Gasteiger partial charge >= 0.3 is 17.9 Å². The van der Waals surface area contributed by atoms with Crippen molar-refractivity contribution in [3.05, 3.63) is 60.8 Å². The van der Waals surface area contributed by atoms with E-state index < -0.39 is 24.3 Å². The van der Waals surface area contributed by atoms with Gasteiger partial charge in [0.05, 0.1) is 34.4 Å². The van der Waals surface area contributed by atoms with Gasteiger partial charge in [0, 0.05) is 12.8 Å². The SMILES string of the molecule is CCCCC/C=C\C/C=C\C/C=C\CCCCCCCCC(=O)OC(COC(=O)CCCCCCCCCCCCCCC/C=C\C/C=C\CCCCCCC)COC(OCC[N+](C)(C)C)C(=O)O. The fourth-order valence-corrected chi connectivity index (χ4v) is 7.82. The number of likely N-dealkylation sites (N-methyl/N-ethyl adjacent to an activating group) is 1. The lowest BCUT2D eigenvalue weighted by molar-refractivity contribution is -0.870. The minimum Gasteiger partial charge on any atom is -0.477 e. The van der Waals surface area contributed by atoms with E-state index in [0.29, 0.717) is 23.9 Å². The molecule has 0 spiro atoms. The highest BCUT2D eigenvalue weighted by atomic mass is 16.7. The van der Waals surface area contributed by atoms with E-state index in [1.807, 2.05) is 21.1 Å². The molecule has 1 N–H and O–H groups in total. The van der Waals surface area contributed by atoms with Gasteiger partial charge in [0.25, 0.3) is 6.29 Å². The van der Waals surface area contributed by atoms with Gasteiger partial charge < -0.3 is 28.5 Å². The average molecular weight is 972 g/mol. The molecule has 9 nitrogen and oxygen atoms in total. The van der Waals surface area contributed by atoms with Crippen LogP contribution < -0.4 is 0 Å². The lowest BCUT2D eigenvalue weighted by Gasteiger charge is -2.25. The average Bonchev–Trinajstić information content (AvgIpc) is 3.31. The van der Waals surface area contributed by atoms with Gasteiger partial charge in [-0.3, -0.25) is 9.59 Å². The maximum Gasteiger partial charge on any atom is 0.361 e. The highest BCUT2D eigenvalue weighted by molar-refractivity contribution is 5.71. The Labute approximate surface area is 425 Å². The lowest BCUT2D eigenvalue weighted by atomic mass is 10.0. The third-order valence-corrected chi connectivity index (χ3v) is 12.2. The normalized spacial score (nSPS) is 13.2. The van der Waals surface area contributed by atoms with Gasteiger partial charge in [-0.25, -0.2) is 4.79 Å². The number of carboxylic acids is 1. The zero-order valence-electron chi connectivity index (χ0n) is 45.5. The zero-order valence-corrected chi connectivity index (χ0v) is 45.5. The lowest BCUT2D eigenvalue weighted by Crippen LogP contribution is -2.40. The third-order valence-electron chi connectivity index (χ3n) is 12.2. The maximum absolute atomic E-state index is 12.8. The van der Waals surface area contributed by atoms with Crippen LogP contribution in [0.5, 0.6) is 0 Å². The van der Waals surface area contributed by atoms with E-state index >= 15 is 0 Å². The van der Waals surface area contributed by atoms with Crippen molar-refractivity contribution in [2.75, 3.05) is 47.5 Å². The van der Waals surface area contributed by atoms with Crippen LogP contribution in [0.2, 0.25) is 0 Å². The fourth-order valence-electron chi connectivity index (χ4n) is 7.82. The van der Waals surface area contributed by atoms with Crippen LogP contribution in [0.4, 0.5) is 0 Å². The molecule has 0 amide bonds. The van der Waals surface area contributed by atoms with Crippen molar-refractivity contribution in [2.45, 2.75) is 257 Å². The Balaban J connectivity index is 4.26. The standard InChI is InChI=1S/C60H107NO8/c1-6-8-10-12-14-16-18-20-22-24-26-27-28-29-30-31-33-34-36-38-40-42-44-46-48-50-57(62)67-54-56(55-68-60(59(64)65)66-53-52-61(3,4)5)69-58(63)51-49-47-45-43-41-39-37-35-32-25-23-21-19-17-15-13-11-9-7-2/h15,17-18,20-21,23-24,26,32,35,56,60H,6-14,16,19,22,25,27-31,33-34,36-55H2,1-5H3/p+1/b17-15-,20-18-,23-21-,26-24-,35-32-. The molecule has 0 heterocycles. The van der Waals surface area contributed by atoms with E-state index in [2.05, 4.69) is 74.6 Å². The molecule has 0 aromatic rings. The topological polar surface area (TPSA) is 108 Å². The summed E-state index contributed by atoms with van der Waals surface area (Å²) in [6.07, 6.45) is 61.4. The smallest absolute Gasteiger partial charge is 0.361 e. The minimum absolute atomic E-state index is 0.183. The van der Waals surface area contributed by atoms with E-state index in [0.717, 1.165) is 77.0 Å². The van der Waals surface area contributed by atoms with Crippen molar-refractivity contribution in [2.24, 2.45) is 0 Å². The molecule has 0 saturated carbocycles. The van der Waals surface area contributed by atoms with Crippen LogP contribution in [-0.2, 0) is 33.3 Å². The number of ether oxygens (including phenoxy) is 4. The molecule has 0 aliphatic rings. The van der Waals surface area contributed by atoms with Gasteiger partial charge in [-0.15, -0.1) is 0 Å². The van der Waals surface area contributed by atoms with Crippen molar-refractivity contribution in [1.82, 2.24) is 0 Å². The van der Waals surface area contributed by atoms with Gasteiger partial charge in [0.2, 0.25) is 0 Å². The number of hydrogen-bond donors (Lipinski definition) is 1. The number of hydrogen-bond acceptors (Lipinski definition) is 7. The molecule has 0 aliphatic carbocycles. The van der Waals surface area contributed by atoms with Crippen LogP contribution in [0.15, 0.2) is 60.8 Å². The molecule has 0 aromatic carbocycles. The highest BCUT2D eigenvalue weighted by Crippen LogP contribution is 2.15. The molecule has 0 saturated heterocycles. The van der Waals surface area contributed by atoms with E-state index in [1.165, 1.54) is 135 Å². The molecule has 0 radical (unpaired) electrons. The second-order valence-corrected chi connectivity index (χ2v) is 20.2. The molecule has 2 atom stereocenters.